The van der Waals surface area contributed by atoms with E-state index in [-0.39, 0.29) is 29.5 Å². The summed E-state index contributed by atoms with van der Waals surface area (Å²) in [7, 11) is 1.53. The Labute approximate surface area is 159 Å². The largest absolute Gasteiger partial charge is 0.573 e. The van der Waals surface area contributed by atoms with Gasteiger partial charge in [0.05, 0.1) is 12.0 Å². The summed E-state index contributed by atoms with van der Waals surface area (Å²) < 4.78 is 46.0. The quantitative estimate of drug-likeness (QED) is 0.790. The third-order valence-electron chi connectivity index (χ3n) is 4.28. The molecule has 0 aliphatic heterocycles. The number of halogens is 3. The standard InChI is InChI=1S/C19H20F3NO5/c1-11-15(16(24)25)9-14(27-11)10-23(4)17(26)18(2,3)12-5-7-13(8-6-12)28-19(20,21)22/h5-9H,10H2,1-4H3,(H,24,25). The van der Waals surface area contributed by atoms with Gasteiger partial charge in [-0.1, -0.05) is 12.1 Å². The Morgan fingerprint density at radius 1 is 1.18 bits per heavy atom. The molecule has 0 bridgehead atoms. The zero-order chi connectivity index (χ0) is 21.3. The summed E-state index contributed by atoms with van der Waals surface area (Å²) in [5, 5.41) is 9.07. The minimum Gasteiger partial charge on any atom is -0.478 e. The molecule has 2 aromatic rings. The van der Waals surface area contributed by atoms with Crippen LogP contribution in [0.5, 0.6) is 5.75 Å². The summed E-state index contributed by atoms with van der Waals surface area (Å²) >= 11 is 0. The fraction of sp³-hybridized carbons (Fsp3) is 0.368. The smallest absolute Gasteiger partial charge is 0.478 e. The van der Waals surface area contributed by atoms with Crippen molar-refractivity contribution in [2.24, 2.45) is 0 Å². The summed E-state index contributed by atoms with van der Waals surface area (Å²) in [6.07, 6.45) is -4.79. The van der Waals surface area contributed by atoms with Crippen LogP contribution in [0.15, 0.2) is 34.7 Å². The van der Waals surface area contributed by atoms with Gasteiger partial charge in [0.25, 0.3) is 0 Å². The predicted octanol–water partition coefficient (Wildman–Crippen LogP) is 4.12. The summed E-state index contributed by atoms with van der Waals surface area (Å²) in [5.74, 6) is -1.26. The highest BCUT2D eigenvalue weighted by Gasteiger charge is 2.34. The molecule has 1 aromatic carbocycles. The maximum absolute atomic E-state index is 12.9. The van der Waals surface area contributed by atoms with Crippen molar-refractivity contribution < 1.29 is 37.0 Å². The van der Waals surface area contributed by atoms with E-state index in [1.807, 2.05) is 0 Å². The van der Waals surface area contributed by atoms with Crippen LogP contribution in [0.3, 0.4) is 0 Å². The second-order valence-corrected chi connectivity index (χ2v) is 6.85. The van der Waals surface area contributed by atoms with Crippen LogP contribution in [0.2, 0.25) is 0 Å². The molecule has 0 aliphatic carbocycles. The molecule has 1 amide bonds. The third-order valence-corrected chi connectivity index (χ3v) is 4.28. The number of aromatic carboxylic acids is 1. The van der Waals surface area contributed by atoms with Crippen molar-refractivity contribution in [1.29, 1.82) is 0 Å². The molecule has 0 saturated carbocycles. The summed E-state index contributed by atoms with van der Waals surface area (Å²) in [4.78, 5) is 25.3. The maximum atomic E-state index is 12.9. The first-order valence-electron chi connectivity index (χ1n) is 8.25. The molecule has 0 saturated heterocycles. The van der Waals surface area contributed by atoms with Gasteiger partial charge in [-0.2, -0.15) is 0 Å². The number of carboxylic acids is 1. The lowest BCUT2D eigenvalue weighted by molar-refractivity contribution is -0.274. The number of alkyl halides is 3. The molecule has 1 aromatic heterocycles. The number of carbonyl (C=O) groups is 2. The number of carbonyl (C=O) groups excluding carboxylic acids is 1. The Morgan fingerprint density at radius 3 is 2.21 bits per heavy atom. The van der Waals surface area contributed by atoms with Crippen LogP contribution in [0.4, 0.5) is 13.2 Å². The summed E-state index contributed by atoms with van der Waals surface area (Å²) in [5.41, 5.74) is -0.515. The van der Waals surface area contributed by atoms with Crippen molar-refractivity contribution in [2.75, 3.05) is 7.05 Å². The number of ether oxygens (including phenoxy) is 1. The number of likely N-dealkylation sites (N-methyl/N-ethyl adjacent to an activating group) is 1. The van der Waals surface area contributed by atoms with Crippen molar-refractivity contribution in [2.45, 2.75) is 39.1 Å². The van der Waals surface area contributed by atoms with Gasteiger partial charge in [0, 0.05) is 7.05 Å². The lowest BCUT2D eigenvalue weighted by atomic mass is 9.83. The Morgan fingerprint density at radius 2 is 1.75 bits per heavy atom. The van der Waals surface area contributed by atoms with Gasteiger partial charge in [0.2, 0.25) is 5.91 Å². The first-order chi connectivity index (χ1) is 12.8. The zero-order valence-electron chi connectivity index (χ0n) is 15.8. The molecule has 0 atom stereocenters. The molecule has 0 unspecified atom stereocenters. The molecule has 28 heavy (non-hydrogen) atoms. The number of carboxylic acid groups (broad SMARTS) is 1. The van der Waals surface area contributed by atoms with Crippen LogP contribution in [-0.4, -0.2) is 35.3 Å². The SMILES string of the molecule is Cc1oc(CN(C)C(=O)C(C)(C)c2ccc(OC(F)(F)F)cc2)cc1C(=O)O. The Kier molecular flexibility index (Phi) is 5.77. The van der Waals surface area contributed by atoms with E-state index >= 15 is 0 Å². The number of hydrogen-bond acceptors (Lipinski definition) is 4. The van der Waals surface area contributed by atoms with Gasteiger partial charge in [-0.05, 0) is 44.5 Å². The molecule has 2 rings (SSSR count). The van der Waals surface area contributed by atoms with Gasteiger partial charge in [0.1, 0.15) is 22.8 Å². The van der Waals surface area contributed by atoms with Crippen molar-refractivity contribution in [1.82, 2.24) is 4.90 Å². The van der Waals surface area contributed by atoms with Gasteiger partial charge < -0.3 is 19.2 Å². The van der Waals surface area contributed by atoms with E-state index in [1.165, 1.54) is 37.1 Å². The predicted molar refractivity (Wildman–Crippen MR) is 93.0 cm³/mol. The lowest BCUT2D eigenvalue weighted by Crippen LogP contribution is -2.40. The van der Waals surface area contributed by atoms with E-state index in [1.54, 1.807) is 13.8 Å². The maximum Gasteiger partial charge on any atom is 0.573 e. The molecular weight excluding hydrogens is 379 g/mol. The molecule has 0 aliphatic rings. The number of aryl methyl sites for hydroxylation is 1. The molecular formula is C19H20F3NO5. The van der Waals surface area contributed by atoms with Gasteiger partial charge in [-0.3, -0.25) is 4.79 Å². The Hall–Kier alpha value is -2.97. The number of nitrogens with zero attached hydrogens (tertiary/aromatic N) is 1. The normalized spacial score (nSPS) is 12.0. The molecule has 0 fully saturated rings. The molecule has 1 heterocycles. The summed E-state index contributed by atoms with van der Waals surface area (Å²) in [6, 6.07) is 6.44. The molecule has 152 valence electrons. The number of rotatable bonds is 6. The Bertz CT molecular complexity index is 869. The molecule has 1 N–H and O–H groups in total. The number of furan rings is 1. The fourth-order valence-corrected chi connectivity index (χ4v) is 2.81. The number of amides is 1. The van der Waals surface area contributed by atoms with Gasteiger partial charge in [-0.15, -0.1) is 13.2 Å². The average Bonchev–Trinajstić information content (AvgIpc) is 2.93. The van der Waals surface area contributed by atoms with Crippen LogP contribution in [-0.2, 0) is 16.8 Å². The lowest BCUT2D eigenvalue weighted by Gasteiger charge is -2.29. The van der Waals surface area contributed by atoms with Crippen molar-refractivity contribution >= 4 is 11.9 Å². The number of benzene rings is 1. The van der Waals surface area contributed by atoms with E-state index in [0.717, 1.165) is 12.1 Å². The zero-order valence-corrected chi connectivity index (χ0v) is 15.8. The van der Waals surface area contributed by atoms with E-state index in [0.29, 0.717) is 11.3 Å². The first-order valence-corrected chi connectivity index (χ1v) is 8.25. The van der Waals surface area contributed by atoms with E-state index in [9.17, 15) is 22.8 Å². The van der Waals surface area contributed by atoms with Crippen molar-refractivity contribution in [3.05, 3.63) is 53.0 Å². The minimum atomic E-state index is -4.79. The molecule has 6 nitrogen and oxygen atoms in total. The second kappa shape index (κ2) is 7.57. The van der Waals surface area contributed by atoms with E-state index in [2.05, 4.69) is 4.74 Å². The molecule has 0 spiro atoms. The highest BCUT2D eigenvalue weighted by atomic mass is 19.4. The van der Waals surface area contributed by atoms with Gasteiger partial charge >= 0.3 is 12.3 Å². The van der Waals surface area contributed by atoms with Crippen LogP contribution in [0.1, 0.15) is 41.3 Å². The molecule has 9 heteroatoms. The van der Waals surface area contributed by atoms with Crippen LogP contribution >= 0.6 is 0 Å². The summed E-state index contributed by atoms with van der Waals surface area (Å²) in [6.45, 7) is 4.85. The second-order valence-electron chi connectivity index (χ2n) is 6.85. The number of hydrogen-bond donors (Lipinski definition) is 1. The van der Waals surface area contributed by atoms with Crippen molar-refractivity contribution in [3.63, 3.8) is 0 Å². The average molecular weight is 399 g/mol. The highest BCUT2D eigenvalue weighted by molar-refractivity contribution is 5.89. The fourth-order valence-electron chi connectivity index (χ4n) is 2.81. The molecule has 0 radical (unpaired) electrons. The first kappa shape index (κ1) is 21.3. The Balaban J connectivity index is 2.14. The highest BCUT2D eigenvalue weighted by Crippen LogP contribution is 2.30. The van der Waals surface area contributed by atoms with Crippen LogP contribution < -0.4 is 4.74 Å². The third kappa shape index (κ3) is 4.85. The van der Waals surface area contributed by atoms with Gasteiger partial charge in [0.15, 0.2) is 0 Å². The van der Waals surface area contributed by atoms with E-state index in [4.69, 9.17) is 9.52 Å². The van der Waals surface area contributed by atoms with E-state index < -0.39 is 17.7 Å². The monoisotopic (exact) mass is 399 g/mol. The van der Waals surface area contributed by atoms with Crippen LogP contribution in [0, 0.1) is 6.92 Å². The van der Waals surface area contributed by atoms with Crippen molar-refractivity contribution in [3.8, 4) is 5.75 Å². The van der Waals surface area contributed by atoms with Crippen LogP contribution in [0.25, 0.3) is 0 Å². The minimum absolute atomic E-state index is 0.0235. The van der Waals surface area contributed by atoms with Gasteiger partial charge in [-0.25, -0.2) is 4.79 Å². The topological polar surface area (TPSA) is 80.0 Å².